The van der Waals surface area contributed by atoms with E-state index in [2.05, 4.69) is 20.1 Å². The summed E-state index contributed by atoms with van der Waals surface area (Å²) in [5.74, 6) is -0.268. The van der Waals surface area contributed by atoms with E-state index in [1.807, 2.05) is 0 Å². The van der Waals surface area contributed by atoms with Gasteiger partial charge in [-0.05, 0) is 18.9 Å². The van der Waals surface area contributed by atoms with Gasteiger partial charge in [0, 0.05) is 37.1 Å². The van der Waals surface area contributed by atoms with E-state index in [-0.39, 0.29) is 17.1 Å². The van der Waals surface area contributed by atoms with Crippen molar-refractivity contribution in [2.45, 2.75) is 38.4 Å². The van der Waals surface area contributed by atoms with E-state index in [1.54, 1.807) is 27.9 Å². The number of likely N-dealkylation sites (tertiary alicyclic amines) is 1. The van der Waals surface area contributed by atoms with E-state index < -0.39 is 12.7 Å². The maximum absolute atomic E-state index is 13.3. The van der Waals surface area contributed by atoms with E-state index in [1.165, 1.54) is 18.5 Å². The third kappa shape index (κ3) is 3.78. The average molecular weight is 443 g/mol. The first kappa shape index (κ1) is 20.4. The van der Waals surface area contributed by atoms with Crippen LogP contribution in [-0.4, -0.2) is 59.2 Å². The van der Waals surface area contributed by atoms with Crippen LogP contribution in [0.4, 0.5) is 13.2 Å². The van der Waals surface area contributed by atoms with Gasteiger partial charge < -0.3 is 4.90 Å². The topological polar surface area (TPSA) is 81.2 Å². The fourth-order valence-electron chi connectivity index (χ4n) is 4.12. The lowest BCUT2D eigenvalue weighted by atomic mass is 10.2. The Morgan fingerprint density at radius 2 is 1.81 bits per heavy atom. The quantitative estimate of drug-likeness (QED) is 0.482. The van der Waals surface area contributed by atoms with Crippen LogP contribution in [0.3, 0.4) is 0 Å². The lowest BCUT2D eigenvalue weighted by Gasteiger charge is -2.19. The Kier molecular flexibility index (Phi) is 5.03. The van der Waals surface area contributed by atoms with E-state index in [4.69, 9.17) is 0 Å². The molecule has 0 spiro atoms. The molecule has 0 atom stereocenters. The SMILES string of the molecule is O=C(c1cc2c(cn1)c(-c1cnc3cnccn13)nn2CC(F)(F)F)N1CCCCCC1. The van der Waals surface area contributed by atoms with Crippen LogP contribution in [0.5, 0.6) is 0 Å². The summed E-state index contributed by atoms with van der Waals surface area (Å²) in [7, 11) is 0. The van der Waals surface area contributed by atoms with Gasteiger partial charge in [-0.3, -0.25) is 23.8 Å². The van der Waals surface area contributed by atoms with Crippen LogP contribution in [0.2, 0.25) is 0 Å². The second kappa shape index (κ2) is 7.88. The Balaban J connectivity index is 1.62. The van der Waals surface area contributed by atoms with Gasteiger partial charge in [-0.1, -0.05) is 12.8 Å². The number of aromatic nitrogens is 6. The number of fused-ring (bicyclic) bond motifs is 2. The Bertz CT molecular complexity index is 1290. The van der Waals surface area contributed by atoms with Gasteiger partial charge in [0.25, 0.3) is 5.91 Å². The number of pyridine rings is 1. The number of amides is 1. The van der Waals surface area contributed by atoms with Gasteiger partial charge in [0.1, 0.15) is 17.9 Å². The molecular formula is C21H20F3N7O. The summed E-state index contributed by atoms with van der Waals surface area (Å²) < 4.78 is 42.5. The average Bonchev–Trinajstić information content (AvgIpc) is 3.21. The third-order valence-corrected chi connectivity index (χ3v) is 5.64. The molecule has 0 saturated carbocycles. The van der Waals surface area contributed by atoms with Gasteiger partial charge >= 0.3 is 6.18 Å². The Morgan fingerprint density at radius 1 is 1.03 bits per heavy atom. The molecule has 1 amide bonds. The second-order valence-corrected chi connectivity index (χ2v) is 7.86. The maximum Gasteiger partial charge on any atom is 0.408 e. The largest absolute Gasteiger partial charge is 0.408 e. The van der Waals surface area contributed by atoms with Gasteiger partial charge in [-0.2, -0.15) is 18.3 Å². The van der Waals surface area contributed by atoms with Crippen LogP contribution >= 0.6 is 0 Å². The van der Waals surface area contributed by atoms with Crippen molar-refractivity contribution in [2.24, 2.45) is 0 Å². The molecule has 0 radical (unpaired) electrons. The highest BCUT2D eigenvalue weighted by molar-refractivity contribution is 5.99. The summed E-state index contributed by atoms with van der Waals surface area (Å²) in [4.78, 5) is 27.3. The molecule has 0 bridgehead atoms. The Morgan fingerprint density at radius 3 is 2.56 bits per heavy atom. The molecule has 4 aromatic rings. The second-order valence-electron chi connectivity index (χ2n) is 7.86. The lowest BCUT2D eigenvalue weighted by Crippen LogP contribution is -2.32. The number of imidazole rings is 1. The molecule has 11 heteroatoms. The van der Waals surface area contributed by atoms with Gasteiger partial charge in [0.05, 0.1) is 23.6 Å². The maximum atomic E-state index is 13.3. The van der Waals surface area contributed by atoms with E-state index in [0.29, 0.717) is 35.5 Å². The first-order valence-electron chi connectivity index (χ1n) is 10.4. The normalized spacial score (nSPS) is 15.4. The molecule has 5 heterocycles. The van der Waals surface area contributed by atoms with Crippen LogP contribution in [0.15, 0.2) is 37.1 Å². The zero-order valence-electron chi connectivity index (χ0n) is 17.1. The Labute approximate surface area is 180 Å². The van der Waals surface area contributed by atoms with Crippen molar-refractivity contribution in [3.05, 3.63) is 42.7 Å². The minimum atomic E-state index is -4.47. The monoisotopic (exact) mass is 443 g/mol. The molecule has 1 aliphatic rings. The van der Waals surface area contributed by atoms with E-state index >= 15 is 0 Å². The number of rotatable bonds is 3. The minimum absolute atomic E-state index is 0.122. The molecule has 32 heavy (non-hydrogen) atoms. The number of hydrogen-bond acceptors (Lipinski definition) is 5. The molecule has 0 aromatic carbocycles. The molecule has 1 saturated heterocycles. The summed E-state index contributed by atoms with van der Waals surface area (Å²) >= 11 is 0. The van der Waals surface area contributed by atoms with Crippen molar-refractivity contribution in [1.82, 2.24) is 34.0 Å². The zero-order valence-corrected chi connectivity index (χ0v) is 17.1. The van der Waals surface area contributed by atoms with Crippen molar-refractivity contribution in [1.29, 1.82) is 0 Å². The van der Waals surface area contributed by atoms with Crippen molar-refractivity contribution >= 4 is 22.5 Å². The summed E-state index contributed by atoms with van der Waals surface area (Å²) in [5.41, 5.74) is 1.69. The number of carbonyl (C=O) groups is 1. The highest BCUT2D eigenvalue weighted by Gasteiger charge is 2.31. The Hall–Kier alpha value is -3.50. The van der Waals surface area contributed by atoms with Crippen molar-refractivity contribution in [3.63, 3.8) is 0 Å². The summed E-state index contributed by atoms with van der Waals surface area (Å²) in [6.07, 6.45) is 7.20. The van der Waals surface area contributed by atoms with Crippen molar-refractivity contribution in [3.8, 4) is 11.4 Å². The van der Waals surface area contributed by atoms with Gasteiger partial charge in [0.2, 0.25) is 0 Å². The lowest BCUT2D eigenvalue weighted by molar-refractivity contribution is -0.141. The molecular weight excluding hydrogens is 423 g/mol. The standard InChI is InChI=1S/C21H20F3N7O/c22-21(23,24)13-31-16-9-15(20(32)29-6-3-1-2-4-7-29)26-10-14(16)19(28-31)17-11-27-18-12-25-5-8-30(17)18/h5,8-12H,1-4,6-7,13H2. The smallest absolute Gasteiger partial charge is 0.337 e. The summed E-state index contributed by atoms with van der Waals surface area (Å²) in [6, 6.07) is 1.41. The fraction of sp³-hybridized carbons (Fsp3) is 0.381. The van der Waals surface area contributed by atoms with Crippen LogP contribution in [0.1, 0.15) is 36.2 Å². The summed E-state index contributed by atoms with van der Waals surface area (Å²) in [6.45, 7) is -0.0217. The highest BCUT2D eigenvalue weighted by Crippen LogP contribution is 2.30. The van der Waals surface area contributed by atoms with Crippen LogP contribution in [0.25, 0.3) is 27.9 Å². The first-order chi connectivity index (χ1) is 15.4. The third-order valence-electron chi connectivity index (χ3n) is 5.64. The first-order valence-corrected chi connectivity index (χ1v) is 10.4. The number of alkyl halides is 3. The molecule has 8 nitrogen and oxygen atoms in total. The molecule has 0 N–H and O–H groups in total. The van der Waals surface area contributed by atoms with Crippen molar-refractivity contribution < 1.29 is 18.0 Å². The molecule has 4 aromatic heterocycles. The zero-order chi connectivity index (χ0) is 22.3. The molecule has 1 aliphatic heterocycles. The van der Waals surface area contributed by atoms with Gasteiger partial charge in [-0.25, -0.2) is 4.98 Å². The fourth-order valence-corrected chi connectivity index (χ4v) is 4.12. The van der Waals surface area contributed by atoms with Crippen LogP contribution in [0, 0.1) is 0 Å². The number of nitrogens with zero attached hydrogens (tertiary/aromatic N) is 7. The van der Waals surface area contributed by atoms with Crippen molar-refractivity contribution in [2.75, 3.05) is 13.1 Å². The predicted octanol–water partition coefficient (Wildman–Crippen LogP) is 3.72. The number of hydrogen-bond donors (Lipinski definition) is 0. The molecule has 0 aliphatic carbocycles. The minimum Gasteiger partial charge on any atom is -0.337 e. The molecule has 166 valence electrons. The summed E-state index contributed by atoms with van der Waals surface area (Å²) in [5, 5.41) is 4.66. The van der Waals surface area contributed by atoms with E-state index in [9.17, 15) is 18.0 Å². The predicted molar refractivity (Wildman–Crippen MR) is 110 cm³/mol. The molecule has 1 fully saturated rings. The van der Waals surface area contributed by atoms with E-state index in [0.717, 1.165) is 30.4 Å². The number of halogens is 3. The van der Waals surface area contributed by atoms with Crippen LogP contribution in [-0.2, 0) is 6.54 Å². The molecule has 5 rings (SSSR count). The molecule has 0 unspecified atom stereocenters. The van der Waals surface area contributed by atoms with Gasteiger partial charge in [-0.15, -0.1) is 0 Å². The highest BCUT2D eigenvalue weighted by atomic mass is 19.4. The van der Waals surface area contributed by atoms with Gasteiger partial charge in [0.15, 0.2) is 5.65 Å². The van der Waals surface area contributed by atoms with Crippen LogP contribution < -0.4 is 0 Å². The number of carbonyl (C=O) groups excluding carboxylic acids is 1.